The minimum absolute atomic E-state index is 0.0738. The summed E-state index contributed by atoms with van der Waals surface area (Å²) in [7, 11) is 1.89. The van der Waals surface area contributed by atoms with Crippen LogP contribution in [0.25, 0.3) is 0 Å². The fourth-order valence-corrected chi connectivity index (χ4v) is 3.92. The first-order valence-electron chi connectivity index (χ1n) is 12.0. The van der Waals surface area contributed by atoms with Gasteiger partial charge in [0.2, 0.25) is 0 Å². The van der Waals surface area contributed by atoms with Crippen molar-refractivity contribution >= 4 is 5.97 Å². The highest BCUT2D eigenvalue weighted by Crippen LogP contribution is 2.25. The van der Waals surface area contributed by atoms with Gasteiger partial charge in [0.1, 0.15) is 18.3 Å². The lowest BCUT2D eigenvalue weighted by molar-refractivity contribution is -0.268. The van der Waals surface area contributed by atoms with Crippen molar-refractivity contribution in [3.63, 3.8) is 0 Å². The molecule has 1 aliphatic rings. The zero-order valence-electron chi connectivity index (χ0n) is 21.5. The topological polar surface area (TPSA) is 97.7 Å². The lowest BCUT2D eigenvalue weighted by atomic mass is 9.93. The van der Waals surface area contributed by atoms with Crippen LogP contribution < -0.4 is 0 Å². The maximum atomic E-state index is 12.6. The molecular weight excluding hydrogens is 414 g/mol. The number of rotatable bonds is 5. The molecule has 0 spiro atoms. The van der Waals surface area contributed by atoms with E-state index in [1.54, 1.807) is 6.92 Å². The van der Waals surface area contributed by atoms with Crippen LogP contribution in [0.1, 0.15) is 68.2 Å². The Bertz CT molecular complexity index is 558. The molecule has 0 aromatic heterocycles. The summed E-state index contributed by atoms with van der Waals surface area (Å²) in [6.07, 6.45) is -0.602. The van der Waals surface area contributed by atoms with Gasteiger partial charge in [0.05, 0.1) is 18.6 Å². The molecule has 0 aliphatic carbocycles. The van der Waals surface area contributed by atoms with Crippen molar-refractivity contribution in [1.29, 1.82) is 0 Å². The summed E-state index contributed by atoms with van der Waals surface area (Å²) in [5.74, 6) is -0.762. The predicted molar refractivity (Wildman–Crippen MR) is 123 cm³/mol. The molecule has 0 radical (unpaired) electrons. The predicted octanol–water partition coefficient (Wildman–Crippen LogP) is 2.79. The second-order valence-corrected chi connectivity index (χ2v) is 10.1. The molecule has 0 saturated carbocycles. The Hall–Kier alpha value is -0.770. The molecule has 1 aliphatic heterocycles. The highest BCUT2D eigenvalue weighted by molar-refractivity contribution is 5.72. The normalized spacial score (nSPS) is 38.9. The zero-order chi connectivity index (χ0) is 24.6. The van der Waals surface area contributed by atoms with E-state index < -0.39 is 36.2 Å². The number of carbonyl (C=O) groups excluding carboxylic acids is 1. The average molecular weight is 462 g/mol. The van der Waals surface area contributed by atoms with E-state index in [0.29, 0.717) is 19.6 Å². The summed E-state index contributed by atoms with van der Waals surface area (Å²) in [5.41, 5.74) is -1.55. The van der Waals surface area contributed by atoms with Crippen LogP contribution in [0.5, 0.6) is 0 Å². The fourth-order valence-electron chi connectivity index (χ4n) is 3.92. The first-order chi connectivity index (χ1) is 14.8. The Balaban J connectivity index is 3.02. The van der Waals surface area contributed by atoms with Gasteiger partial charge in [0, 0.05) is 18.5 Å². The second-order valence-electron chi connectivity index (χ2n) is 10.1. The number of hydrogen-bond acceptors (Lipinski definition) is 8. The van der Waals surface area contributed by atoms with Crippen molar-refractivity contribution in [3.8, 4) is 0 Å². The third-order valence-corrected chi connectivity index (χ3v) is 6.36. The highest BCUT2D eigenvalue weighted by Gasteiger charge is 2.38. The van der Waals surface area contributed by atoms with E-state index in [1.165, 1.54) is 6.92 Å². The van der Waals surface area contributed by atoms with Crippen LogP contribution in [0.4, 0.5) is 0 Å². The van der Waals surface area contributed by atoms with Gasteiger partial charge >= 0.3 is 5.97 Å². The van der Waals surface area contributed by atoms with Gasteiger partial charge < -0.3 is 34.1 Å². The molecule has 0 aromatic carbocycles. The highest BCUT2D eigenvalue weighted by atomic mass is 16.8. The quantitative estimate of drug-likeness (QED) is 0.476. The van der Waals surface area contributed by atoms with E-state index in [1.807, 2.05) is 39.6 Å². The van der Waals surface area contributed by atoms with Crippen LogP contribution in [0, 0.1) is 17.8 Å². The van der Waals surface area contributed by atoms with Crippen molar-refractivity contribution in [2.75, 3.05) is 26.8 Å². The van der Waals surface area contributed by atoms with Crippen LogP contribution in [0.15, 0.2) is 0 Å². The van der Waals surface area contributed by atoms with Gasteiger partial charge in [-0.15, -0.1) is 0 Å². The maximum absolute atomic E-state index is 12.6. The van der Waals surface area contributed by atoms with E-state index in [-0.39, 0.29) is 30.6 Å². The largest absolute Gasteiger partial charge is 0.462 e. The Morgan fingerprint density at radius 1 is 1.25 bits per heavy atom. The van der Waals surface area contributed by atoms with Crippen LogP contribution in [-0.4, -0.2) is 84.3 Å². The van der Waals surface area contributed by atoms with E-state index in [2.05, 4.69) is 13.8 Å². The summed E-state index contributed by atoms with van der Waals surface area (Å²) in [5, 5.41) is 21.4. The summed E-state index contributed by atoms with van der Waals surface area (Å²) in [6.45, 7) is 15.9. The molecule has 190 valence electrons. The van der Waals surface area contributed by atoms with Crippen molar-refractivity contribution in [1.82, 2.24) is 4.90 Å². The van der Waals surface area contributed by atoms with E-state index in [9.17, 15) is 15.0 Å². The van der Waals surface area contributed by atoms with Crippen molar-refractivity contribution in [3.05, 3.63) is 0 Å². The van der Waals surface area contributed by atoms with E-state index in [4.69, 9.17) is 18.9 Å². The first kappa shape index (κ1) is 29.3. The molecule has 1 rings (SSSR count). The third-order valence-electron chi connectivity index (χ3n) is 6.36. The molecular formula is C24H47NO7. The Morgan fingerprint density at radius 2 is 1.88 bits per heavy atom. The van der Waals surface area contributed by atoms with Gasteiger partial charge in [-0.3, -0.25) is 4.79 Å². The van der Waals surface area contributed by atoms with E-state index in [0.717, 1.165) is 6.42 Å². The molecule has 1 fully saturated rings. The Labute approximate surface area is 194 Å². The standard InChI is InChI=1S/C24H47NO7/c1-10-18(5)31-20(7)32-23-17(4)11-16(3)22(27)30-14-24(8,28)21(26)19(6)25(9)12-15(2)13-29-23/h15-21,23,26,28H,10-14H2,1-9H3/t15-,16?,17-,18?,19?,20?,21?,23+,24+/m0/s1. The number of nitrogens with zero attached hydrogens (tertiary/aromatic N) is 1. The summed E-state index contributed by atoms with van der Waals surface area (Å²) < 4.78 is 23.5. The Kier molecular flexibility index (Phi) is 12.1. The second kappa shape index (κ2) is 13.2. The number of cyclic esters (lactones) is 1. The monoisotopic (exact) mass is 461 g/mol. The van der Waals surface area contributed by atoms with Crippen molar-refractivity contribution < 1.29 is 34.0 Å². The molecule has 5 unspecified atom stereocenters. The van der Waals surface area contributed by atoms with Crippen LogP contribution >= 0.6 is 0 Å². The van der Waals surface area contributed by atoms with Crippen LogP contribution in [-0.2, 0) is 23.7 Å². The van der Waals surface area contributed by atoms with Crippen molar-refractivity contribution in [2.45, 2.75) is 105 Å². The molecule has 0 aromatic rings. The summed E-state index contributed by atoms with van der Waals surface area (Å²) >= 11 is 0. The molecule has 0 amide bonds. The smallest absolute Gasteiger partial charge is 0.308 e. The molecule has 9 atom stereocenters. The molecule has 0 bridgehead atoms. The molecule has 8 nitrogen and oxygen atoms in total. The fraction of sp³-hybridized carbons (Fsp3) is 0.958. The lowest BCUT2D eigenvalue weighted by Crippen LogP contribution is -2.55. The number of esters is 1. The summed E-state index contributed by atoms with van der Waals surface area (Å²) in [6, 6.07) is -0.344. The van der Waals surface area contributed by atoms with Crippen LogP contribution in [0.2, 0.25) is 0 Å². The van der Waals surface area contributed by atoms with Gasteiger partial charge in [-0.25, -0.2) is 0 Å². The van der Waals surface area contributed by atoms with Gasteiger partial charge in [-0.05, 0) is 53.5 Å². The van der Waals surface area contributed by atoms with Crippen LogP contribution in [0.3, 0.4) is 0 Å². The van der Waals surface area contributed by atoms with Gasteiger partial charge in [0.15, 0.2) is 12.6 Å². The number of likely N-dealkylation sites (N-methyl/N-ethyl adjacent to an activating group) is 1. The first-order valence-corrected chi connectivity index (χ1v) is 12.0. The van der Waals surface area contributed by atoms with Gasteiger partial charge in [-0.1, -0.05) is 27.7 Å². The molecule has 2 N–H and O–H groups in total. The SMILES string of the molecule is CCC(C)OC(C)O[C@H]1OC[C@@H](C)CN(C)C(C)C(O)[C@](C)(O)COC(=O)C(C)C[C@@H]1C. The van der Waals surface area contributed by atoms with Gasteiger partial charge in [-0.2, -0.15) is 0 Å². The maximum Gasteiger partial charge on any atom is 0.308 e. The minimum atomic E-state index is -1.55. The Morgan fingerprint density at radius 3 is 2.47 bits per heavy atom. The third kappa shape index (κ3) is 9.23. The number of carbonyl (C=O) groups is 1. The number of aliphatic hydroxyl groups excluding tert-OH is 1. The molecule has 1 heterocycles. The lowest BCUT2D eigenvalue weighted by Gasteiger charge is -2.37. The number of ether oxygens (including phenoxy) is 4. The molecule has 32 heavy (non-hydrogen) atoms. The average Bonchev–Trinajstić information content (AvgIpc) is 2.72. The number of aliphatic hydroxyl groups is 2. The summed E-state index contributed by atoms with van der Waals surface area (Å²) in [4.78, 5) is 14.5. The van der Waals surface area contributed by atoms with E-state index >= 15 is 0 Å². The molecule has 8 heteroatoms. The molecule has 1 saturated heterocycles. The minimum Gasteiger partial charge on any atom is -0.462 e. The zero-order valence-corrected chi connectivity index (χ0v) is 21.5. The number of hydrogen-bond donors (Lipinski definition) is 2. The van der Waals surface area contributed by atoms with Gasteiger partial charge in [0.25, 0.3) is 0 Å². The van der Waals surface area contributed by atoms with Crippen molar-refractivity contribution in [2.24, 2.45) is 17.8 Å².